The molecule has 0 heterocycles. The average molecular weight is 847 g/mol. The zero-order valence-electron chi connectivity index (χ0n) is 39.4. The molecule has 0 saturated carbocycles. The molecule has 0 aromatic rings. The molecule has 0 fully saturated rings. The molecule has 0 rings (SSSR count). The fourth-order valence-corrected chi connectivity index (χ4v) is 6.50. The van der Waals surface area contributed by atoms with Crippen molar-refractivity contribution >= 4 is 17.9 Å². The van der Waals surface area contributed by atoms with Gasteiger partial charge in [-0.1, -0.05) is 208 Å². The lowest BCUT2D eigenvalue weighted by Gasteiger charge is -2.18. The molecule has 0 aliphatic rings. The van der Waals surface area contributed by atoms with Crippen molar-refractivity contribution in [1.82, 2.24) is 0 Å². The molecule has 6 heteroatoms. The highest BCUT2D eigenvalue weighted by atomic mass is 16.6. The lowest BCUT2D eigenvalue weighted by atomic mass is 10.1. The highest BCUT2D eigenvalue weighted by molar-refractivity contribution is 5.71. The van der Waals surface area contributed by atoms with Crippen LogP contribution in [0.1, 0.15) is 213 Å². The molecule has 0 aromatic carbocycles. The molecule has 0 spiro atoms. The Hall–Kier alpha value is -3.67. The van der Waals surface area contributed by atoms with Gasteiger partial charge in [0.15, 0.2) is 6.10 Å². The van der Waals surface area contributed by atoms with Crippen LogP contribution in [0.3, 0.4) is 0 Å². The first-order valence-electron chi connectivity index (χ1n) is 24.8. The first kappa shape index (κ1) is 57.3. The monoisotopic (exact) mass is 847 g/mol. The van der Waals surface area contributed by atoms with Crippen molar-refractivity contribution in [2.45, 2.75) is 219 Å². The topological polar surface area (TPSA) is 78.9 Å². The van der Waals surface area contributed by atoms with Crippen molar-refractivity contribution < 1.29 is 28.6 Å². The molecule has 1 unspecified atom stereocenters. The minimum Gasteiger partial charge on any atom is -0.462 e. The van der Waals surface area contributed by atoms with Crippen LogP contribution in [-0.4, -0.2) is 37.2 Å². The van der Waals surface area contributed by atoms with Crippen LogP contribution in [0.5, 0.6) is 0 Å². The Balaban J connectivity index is 4.47. The molecule has 0 bridgehead atoms. The molecular formula is C55H90O6. The Morgan fingerprint density at radius 2 is 0.656 bits per heavy atom. The summed E-state index contributed by atoms with van der Waals surface area (Å²) in [7, 11) is 0. The molecule has 6 nitrogen and oxygen atoms in total. The second-order valence-electron chi connectivity index (χ2n) is 16.1. The summed E-state index contributed by atoms with van der Waals surface area (Å²) >= 11 is 0. The summed E-state index contributed by atoms with van der Waals surface area (Å²) in [5, 5.41) is 0. The summed E-state index contributed by atoms with van der Waals surface area (Å²) in [5.41, 5.74) is 0. The molecule has 0 aliphatic heterocycles. The van der Waals surface area contributed by atoms with Gasteiger partial charge in [-0.05, 0) is 83.5 Å². The maximum Gasteiger partial charge on any atom is 0.306 e. The molecule has 0 N–H and O–H groups in total. The van der Waals surface area contributed by atoms with Crippen LogP contribution in [0.4, 0.5) is 0 Å². The van der Waals surface area contributed by atoms with Gasteiger partial charge in [-0.2, -0.15) is 0 Å². The van der Waals surface area contributed by atoms with E-state index in [1.165, 1.54) is 64.2 Å². The summed E-state index contributed by atoms with van der Waals surface area (Å²) in [5.74, 6) is -0.951. The second kappa shape index (κ2) is 49.0. The van der Waals surface area contributed by atoms with Crippen LogP contribution in [0, 0.1) is 0 Å². The number of unbranched alkanes of at least 4 members (excludes halogenated alkanes) is 21. The van der Waals surface area contributed by atoms with E-state index in [2.05, 4.69) is 99.8 Å². The smallest absolute Gasteiger partial charge is 0.306 e. The maximum atomic E-state index is 12.8. The summed E-state index contributed by atoms with van der Waals surface area (Å²) in [6, 6.07) is 0. The minimum absolute atomic E-state index is 0.0991. The van der Waals surface area contributed by atoms with Crippen LogP contribution in [0.25, 0.3) is 0 Å². The van der Waals surface area contributed by atoms with E-state index in [-0.39, 0.29) is 31.1 Å². The second-order valence-corrected chi connectivity index (χ2v) is 16.1. The zero-order valence-corrected chi connectivity index (χ0v) is 39.4. The third-order valence-corrected chi connectivity index (χ3v) is 10.2. The number of hydrogen-bond donors (Lipinski definition) is 0. The largest absolute Gasteiger partial charge is 0.462 e. The van der Waals surface area contributed by atoms with Gasteiger partial charge in [-0.3, -0.25) is 14.4 Å². The molecule has 0 aliphatic carbocycles. The van der Waals surface area contributed by atoms with Crippen molar-refractivity contribution in [3.05, 3.63) is 97.2 Å². The van der Waals surface area contributed by atoms with E-state index in [9.17, 15) is 14.4 Å². The Morgan fingerprint density at radius 1 is 0.344 bits per heavy atom. The first-order chi connectivity index (χ1) is 30.0. The van der Waals surface area contributed by atoms with E-state index >= 15 is 0 Å². The van der Waals surface area contributed by atoms with Crippen molar-refractivity contribution in [2.24, 2.45) is 0 Å². The standard InChI is InChI=1S/C55H90O6/c1-4-7-10-13-16-19-22-25-27-30-33-36-39-42-45-48-54(57)60-51-52(50-59-53(56)47-44-41-38-35-32-29-24-21-18-15-12-9-6-3)61-55(58)49-46-43-40-37-34-31-28-26-23-20-17-14-11-8-5-2/h7,9-10,12-13,15-16,18-25,27,52H,4-6,8,11,14,17,26,28-51H2,1-3H3/b10-7-,12-9-,16-13-,18-15-,22-19-,23-20-,24-21-,27-25-. The van der Waals surface area contributed by atoms with Gasteiger partial charge < -0.3 is 14.2 Å². The van der Waals surface area contributed by atoms with Gasteiger partial charge >= 0.3 is 17.9 Å². The van der Waals surface area contributed by atoms with Crippen molar-refractivity contribution in [1.29, 1.82) is 0 Å². The normalized spacial score (nSPS) is 12.9. The van der Waals surface area contributed by atoms with Crippen LogP contribution in [0.2, 0.25) is 0 Å². The zero-order chi connectivity index (χ0) is 44.4. The fourth-order valence-electron chi connectivity index (χ4n) is 6.50. The molecule has 0 saturated heterocycles. The number of allylic oxidation sites excluding steroid dienone is 16. The van der Waals surface area contributed by atoms with E-state index < -0.39 is 6.10 Å². The number of carbonyl (C=O) groups excluding carboxylic acids is 3. The molecule has 0 amide bonds. The van der Waals surface area contributed by atoms with E-state index in [1.807, 2.05) is 18.2 Å². The quantitative estimate of drug-likeness (QED) is 0.0200. The van der Waals surface area contributed by atoms with E-state index in [0.717, 1.165) is 109 Å². The van der Waals surface area contributed by atoms with Gasteiger partial charge in [0.25, 0.3) is 0 Å². The maximum absolute atomic E-state index is 12.8. The van der Waals surface area contributed by atoms with Gasteiger partial charge in [-0.25, -0.2) is 0 Å². The average Bonchev–Trinajstić information content (AvgIpc) is 3.26. The summed E-state index contributed by atoms with van der Waals surface area (Å²) in [4.78, 5) is 37.9. The number of ether oxygens (including phenoxy) is 3. The molecule has 346 valence electrons. The number of carbonyl (C=O) groups is 3. The highest BCUT2D eigenvalue weighted by Gasteiger charge is 2.19. The van der Waals surface area contributed by atoms with Gasteiger partial charge in [0.05, 0.1) is 0 Å². The van der Waals surface area contributed by atoms with Crippen LogP contribution in [-0.2, 0) is 28.6 Å². The Morgan fingerprint density at radius 3 is 1.05 bits per heavy atom. The van der Waals surface area contributed by atoms with Crippen molar-refractivity contribution in [2.75, 3.05) is 13.2 Å². The third-order valence-electron chi connectivity index (χ3n) is 10.2. The summed E-state index contributed by atoms with van der Waals surface area (Å²) in [6.07, 6.45) is 63.8. The number of hydrogen-bond acceptors (Lipinski definition) is 6. The van der Waals surface area contributed by atoms with Gasteiger partial charge in [0.2, 0.25) is 0 Å². The van der Waals surface area contributed by atoms with Crippen LogP contribution in [0.15, 0.2) is 97.2 Å². The molecule has 1 atom stereocenters. The Kier molecular flexibility index (Phi) is 46.0. The van der Waals surface area contributed by atoms with Crippen LogP contribution >= 0.6 is 0 Å². The lowest BCUT2D eigenvalue weighted by molar-refractivity contribution is -0.167. The molecule has 0 radical (unpaired) electrons. The third kappa shape index (κ3) is 47.2. The van der Waals surface area contributed by atoms with Crippen LogP contribution < -0.4 is 0 Å². The lowest BCUT2D eigenvalue weighted by Crippen LogP contribution is -2.30. The minimum atomic E-state index is -0.798. The summed E-state index contributed by atoms with van der Waals surface area (Å²) < 4.78 is 16.7. The van der Waals surface area contributed by atoms with E-state index in [1.54, 1.807) is 0 Å². The van der Waals surface area contributed by atoms with Crippen molar-refractivity contribution in [3.8, 4) is 0 Å². The predicted octanol–water partition coefficient (Wildman–Crippen LogP) is 16.2. The van der Waals surface area contributed by atoms with E-state index in [0.29, 0.717) is 19.3 Å². The fraction of sp³-hybridized carbons (Fsp3) is 0.655. The molecule has 61 heavy (non-hydrogen) atoms. The van der Waals surface area contributed by atoms with Gasteiger partial charge in [-0.15, -0.1) is 0 Å². The predicted molar refractivity (Wildman–Crippen MR) is 260 cm³/mol. The highest BCUT2D eigenvalue weighted by Crippen LogP contribution is 2.14. The van der Waals surface area contributed by atoms with Gasteiger partial charge in [0.1, 0.15) is 13.2 Å². The first-order valence-corrected chi connectivity index (χ1v) is 24.8. The Bertz CT molecular complexity index is 1250. The SMILES string of the molecule is CC\C=C/C=C\C=C/C=C\CCCCCCCC(=O)OCC(COC(=O)CCCCCCC\C=C/C=C\C=C/CC)OC(=O)CCCCCCCCC/C=C\CCCCCC. The Labute approximate surface area is 375 Å². The number of rotatable bonds is 43. The number of esters is 3. The van der Waals surface area contributed by atoms with Gasteiger partial charge in [0, 0.05) is 19.3 Å². The molecule has 0 aromatic heterocycles. The summed E-state index contributed by atoms with van der Waals surface area (Å²) in [6.45, 7) is 6.30. The van der Waals surface area contributed by atoms with E-state index in [4.69, 9.17) is 14.2 Å². The van der Waals surface area contributed by atoms with Crippen molar-refractivity contribution in [3.63, 3.8) is 0 Å². The molecular weight excluding hydrogens is 757 g/mol.